The van der Waals surface area contributed by atoms with Crippen LogP contribution in [0.4, 0.5) is 10.5 Å². The summed E-state index contributed by atoms with van der Waals surface area (Å²) in [6, 6.07) is 17.4. The van der Waals surface area contributed by atoms with Crippen molar-refractivity contribution in [1.29, 1.82) is 0 Å². The Morgan fingerprint density at radius 1 is 1.12 bits per heavy atom. The van der Waals surface area contributed by atoms with Gasteiger partial charge in [-0.2, -0.15) is 0 Å². The first-order valence-electron chi connectivity index (χ1n) is 13.7. The molecule has 3 N–H and O–H groups in total. The number of sulfonamides is 1. The fourth-order valence-electron chi connectivity index (χ4n) is 6.04. The van der Waals surface area contributed by atoms with E-state index in [2.05, 4.69) is 38.8 Å². The summed E-state index contributed by atoms with van der Waals surface area (Å²) in [5, 5.41) is 8.47. The van der Waals surface area contributed by atoms with Crippen molar-refractivity contribution < 1.29 is 28.2 Å². The Hall–Kier alpha value is -2.96. The van der Waals surface area contributed by atoms with Crippen molar-refractivity contribution in [2.45, 2.75) is 50.3 Å². The maximum absolute atomic E-state index is 13.0. The van der Waals surface area contributed by atoms with Gasteiger partial charge in [-0.25, -0.2) is 28.7 Å². The summed E-state index contributed by atoms with van der Waals surface area (Å²) >= 11 is 0. The predicted molar refractivity (Wildman–Crippen MR) is 154 cm³/mol. The van der Waals surface area contributed by atoms with Gasteiger partial charge in [-0.05, 0) is 60.8 Å². The fourth-order valence-corrected chi connectivity index (χ4v) is 6.84. The second kappa shape index (κ2) is 14.1. The molecule has 1 amide bonds. The molecule has 2 aromatic carbocycles. The van der Waals surface area contributed by atoms with Gasteiger partial charge in [0.25, 0.3) is 0 Å². The van der Waals surface area contributed by atoms with E-state index in [0.717, 1.165) is 50.9 Å². The lowest BCUT2D eigenvalue weighted by molar-refractivity contribution is -0.215. The standard InChI is InChI=1S/C29H40N4O6S/c1-3-15-33(29(34)38-21-22-9-11-25(12-10-22)30-39-35)27-13-16-32(17-14-27)20-24-18-26(31-40(2,36)37)19-28(24)23-7-5-4-6-8-23/h3-12,24,26-28,30-31,35H,1,13-21H2,2H3/t24-,26?,28-/m1/s1. The quantitative estimate of drug-likeness (QED) is 0.197. The Labute approximate surface area is 236 Å². The third-order valence-electron chi connectivity index (χ3n) is 7.83. The van der Waals surface area contributed by atoms with Gasteiger partial charge in [0.05, 0.1) is 11.9 Å². The Morgan fingerprint density at radius 3 is 2.45 bits per heavy atom. The van der Waals surface area contributed by atoms with E-state index in [1.807, 2.05) is 18.2 Å². The molecule has 2 aromatic rings. The van der Waals surface area contributed by atoms with E-state index in [1.165, 1.54) is 11.8 Å². The van der Waals surface area contributed by atoms with Crippen LogP contribution in [-0.2, 0) is 26.4 Å². The van der Waals surface area contributed by atoms with Gasteiger partial charge in [-0.15, -0.1) is 11.6 Å². The average Bonchev–Trinajstić information content (AvgIpc) is 3.32. The van der Waals surface area contributed by atoms with Crippen molar-refractivity contribution in [3.05, 3.63) is 78.4 Å². The molecule has 0 spiro atoms. The van der Waals surface area contributed by atoms with E-state index in [0.29, 0.717) is 24.1 Å². The van der Waals surface area contributed by atoms with E-state index in [9.17, 15) is 13.2 Å². The van der Waals surface area contributed by atoms with Gasteiger partial charge < -0.3 is 14.5 Å². The molecule has 1 unspecified atom stereocenters. The van der Waals surface area contributed by atoms with Crippen molar-refractivity contribution in [1.82, 2.24) is 14.5 Å². The van der Waals surface area contributed by atoms with Crippen LogP contribution in [0.25, 0.3) is 0 Å². The van der Waals surface area contributed by atoms with E-state index in [1.54, 1.807) is 35.2 Å². The third kappa shape index (κ3) is 8.52. The van der Waals surface area contributed by atoms with Crippen molar-refractivity contribution in [2.24, 2.45) is 5.92 Å². The summed E-state index contributed by atoms with van der Waals surface area (Å²) in [4.78, 5) is 21.1. The first-order valence-corrected chi connectivity index (χ1v) is 15.6. The highest BCUT2D eigenvalue weighted by Crippen LogP contribution is 2.41. The summed E-state index contributed by atoms with van der Waals surface area (Å²) in [5.74, 6) is 0.643. The lowest BCUT2D eigenvalue weighted by atomic mass is 9.88. The number of rotatable bonds is 12. The summed E-state index contributed by atoms with van der Waals surface area (Å²) in [7, 11) is -3.27. The smallest absolute Gasteiger partial charge is 0.410 e. The molecule has 3 atom stereocenters. The number of nitrogens with zero attached hydrogens (tertiary/aromatic N) is 2. The van der Waals surface area contributed by atoms with Crippen LogP contribution in [0.15, 0.2) is 67.3 Å². The molecule has 0 radical (unpaired) electrons. The highest BCUT2D eigenvalue weighted by molar-refractivity contribution is 7.88. The second-order valence-corrected chi connectivity index (χ2v) is 12.5. The number of benzene rings is 2. The molecule has 1 aliphatic carbocycles. The van der Waals surface area contributed by atoms with Gasteiger partial charge in [0, 0.05) is 38.3 Å². The van der Waals surface area contributed by atoms with E-state index >= 15 is 0 Å². The second-order valence-electron chi connectivity index (χ2n) is 10.8. The van der Waals surface area contributed by atoms with Crippen LogP contribution in [0, 0.1) is 5.92 Å². The molecule has 10 nitrogen and oxygen atoms in total. The zero-order chi connectivity index (χ0) is 28.5. The van der Waals surface area contributed by atoms with Crippen LogP contribution in [0.1, 0.15) is 42.7 Å². The first kappa shape index (κ1) is 30.0. The van der Waals surface area contributed by atoms with Crippen LogP contribution in [-0.4, -0.2) is 74.1 Å². The highest BCUT2D eigenvalue weighted by Gasteiger charge is 2.38. The number of carbonyl (C=O) groups excluding carboxylic acids is 1. The molecule has 1 heterocycles. The molecule has 1 saturated heterocycles. The first-order chi connectivity index (χ1) is 19.3. The highest BCUT2D eigenvalue weighted by atomic mass is 32.2. The molecule has 218 valence electrons. The number of piperidine rings is 1. The van der Waals surface area contributed by atoms with Gasteiger partial charge in [-0.3, -0.25) is 0 Å². The van der Waals surface area contributed by atoms with Gasteiger partial charge in [0.15, 0.2) is 0 Å². The number of likely N-dealkylation sites (tertiary alicyclic amines) is 1. The minimum absolute atomic E-state index is 0.0585. The van der Waals surface area contributed by atoms with Crippen LogP contribution in [0.3, 0.4) is 0 Å². The Kier molecular flexibility index (Phi) is 10.6. The fraction of sp³-hybridized carbons (Fsp3) is 0.483. The van der Waals surface area contributed by atoms with Crippen LogP contribution in [0.5, 0.6) is 0 Å². The number of anilines is 1. The summed E-state index contributed by atoms with van der Waals surface area (Å²) in [6.07, 6.45) is 5.85. The predicted octanol–water partition coefficient (Wildman–Crippen LogP) is 4.20. The van der Waals surface area contributed by atoms with Crippen molar-refractivity contribution >= 4 is 21.8 Å². The molecule has 4 rings (SSSR count). The molecule has 1 aliphatic heterocycles. The minimum atomic E-state index is -3.27. The Bertz CT molecular complexity index is 1200. The minimum Gasteiger partial charge on any atom is -0.445 e. The molecular formula is C29H40N4O6S. The lowest BCUT2D eigenvalue weighted by Gasteiger charge is -2.39. The van der Waals surface area contributed by atoms with Gasteiger partial charge in [-0.1, -0.05) is 48.5 Å². The van der Waals surface area contributed by atoms with E-state index in [-0.39, 0.29) is 24.8 Å². The Balaban J connectivity index is 1.32. The third-order valence-corrected chi connectivity index (χ3v) is 8.60. The zero-order valence-electron chi connectivity index (χ0n) is 22.9. The van der Waals surface area contributed by atoms with Crippen molar-refractivity contribution in [2.75, 3.05) is 37.9 Å². The zero-order valence-corrected chi connectivity index (χ0v) is 23.8. The molecule has 2 fully saturated rings. The van der Waals surface area contributed by atoms with Gasteiger partial charge in [0.1, 0.15) is 6.61 Å². The van der Waals surface area contributed by atoms with Gasteiger partial charge in [0.2, 0.25) is 10.0 Å². The lowest BCUT2D eigenvalue weighted by Crippen LogP contribution is -2.48. The monoisotopic (exact) mass is 572 g/mol. The molecule has 0 bridgehead atoms. The summed E-state index contributed by atoms with van der Waals surface area (Å²) in [6.45, 7) is 6.99. The normalized spacial score (nSPS) is 22.1. The number of nitrogens with one attached hydrogen (secondary N) is 2. The van der Waals surface area contributed by atoms with E-state index < -0.39 is 10.0 Å². The number of hydrogen-bond acceptors (Lipinski definition) is 8. The van der Waals surface area contributed by atoms with Crippen LogP contribution in [0.2, 0.25) is 0 Å². The van der Waals surface area contributed by atoms with Crippen LogP contribution < -0.4 is 10.2 Å². The maximum atomic E-state index is 13.0. The summed E-state index contributed by atoms with van der Waals surface area (Å²) < 4.78 is 32.3. The number of ether oxygens (including phenoxy) is 1. The largest absolute Gasteiger partial charge is 0.445 e. The maximum Gasteiger partial charge on any atom is 0.410 e. The van der Waals surface area contributed by atoms with Crippen LogP contribution >= 0.6 is 0 Å². The molecule has 40 heavy (non-hydrogen) atoms. The Morgan fingerprint density at radius 2 is 1.82 bits per heavy atom. The molecule has 2 aliphatic rings. The van der Waals surface area contributed by atoms with E-state index in [4.69, 9.17) is 9.99 Å². The number of carbonyl (C=O) groups is 1. The molecule has 11 heteroatoms. The molecule has 0 aromatic heterocycles. The molecule has 1 saturated carbocycles. The average molecular weight is 573 g/mol. The van der Waals surface area contributed by atoms with Crippen molar-refractivity contribution in [3.63, 3.8) is 0 Å². The number of hydrogen-bond donors (Lipinski definition) is 3. The SMILES string of the molecule is C=CCN(C(=O)OCc1ccc(NOO)cc1)C1CCN(C[C@H]2CC(NS(C)(=O)=O)C[C@@H]2c2ccccc2)CC1. The van der Waals surface area contributed by atoms with Crippen molar-refractivity contribution in [3.8, 4) is 0 Å². The number of amides is 1. The molecular weight excluding hydrogens is 532 g/mol. The topological polar surface area (TPSA) is 120 Å². The summed E-state index contributed by atoms with van der Waals surface area (Å²) in [5.41, 5.74) is 4.97. The van der Waals surface area contributed by atoms with Gasteiger partial charge >= 0.3 is 6.09 Å².